The van der Waals surface area contributed by atoms with Crippen molar-refractivity contribution in [1.29, 1.82) is 0 Å². The summed E-state index contributed by atoms with van der Waals surface area (Å²) in [4.78, 5) is 0. The summed E-state index contributed by atoms with van der Waals surface area (Å²) in [6.07, 6.45) is 7.93. The summed E-state index contributed by atoms with van der Waals surface area (Å²) in [7, 11) is 0. The monoisotopic (exact) mass is 297 g/mol. The van der Waals surface area contributed by atoms with Crippen LogP contribution in [0.4, 0.5) is 0 Å². The molecule has 0 aromatic heterocycles. The van der Waals surface area contributed by atoms with E-state index < -0.39 is 17.7 Å². The van der Waals surface area contributed by atoms with Crippen LogP contribution in [-0.2, 0) is 17.7 Å². The van der Waals surface area contributed by atoms with Gasteiger partial charge in [0.25, 0.3) is 0 Å². The van der Waals surface area contributed by atoms with E-state index in [0.717, 1.165) is 0 Å². The third-order valence-electron chi connectivity index (χ3n) is 2.09. The number of rotatable bonds is 2. The zero-order valence-corrected chi connectivity index (χ0v) is 13.8. The maximum atomic E-state index is 3.82. The minimum absolute atomic E-state index is 0. The SMILES string of the molecule is C[C](C)=[Ti+2]([NH]C(C)(C)C)[C]1=CC=CC1.[Cl-].[Cl-]. The van der Waals surface area contributed by atoms with Gasteiger partial charge in [-0.1, -0.05) is 0 Å². The molecule has 0 atom stereocenters. The van der Waals surface area contributed by atoms with Crippen molar-refractivity contribution in [2.24, 2.45) is 0 Å². The normalized spacial score (nSPS) is 13.1. The van der Waals surface area contributed by atoms with Crippen LogP contribution in [0.5, 0.6) is 0 Å². The van der Waals surface area contributed by atoms with Crippen LogP contribution >= 0.6 is 0 Å². The van der Waals surface area contributed by atoms with Crippen molar-refractivity contribution >= 4 is 3.81 Å². The quantitative estimate of drug-likeness (QED) is 0.535. The number of hydrogen-bond acceptors (Lipinski definition) is 1. The molecule has 0 spiro atoms. The standard InChI is InChI=1S/C5H5.C4H10N.C3H6.2ClH.Ti/c1-2-4-5-3-1;1-4(2,3)5;1-3-2;;;/h1-3H,4H2;5H,1-3H3;1-2H3;2*1H;/q;-1;;;;+3/p-2. The fourth-order valence-corrected chi connectivity index (χ4v) is 5.26. The van der Waals surface area contributed by atoms with E-state index in [0.29, 0.717) is 0 Å². The molecule has 0 amide bonds. The van der Waals surface area contributed by atoms with E-state index in [1.54, 1.807) is 7.69 Å². The Hall–Kier alpha value is 0.604. The van der Waals surface area contributed by atoms with E-state index in [4.69, 9.17) is 0 Å². The second-order valence-corrected chi connectivity index (χ2v) is 9.20. The number of hydrogen-bond donors (Lipinski definition) is 1. The fraction of sp³-hybridized carbons (Fsp3) is 0.583. The van der Waals surface area contributed by atoms with Crippen LogP contribution in [0.1, 0.15) is 41.0 Å². The Morgan fingerprint density at radius 1 is 1.25 bits per heavy atom. The van der Waals surface area contributed by atoms with E-state index in [9.17, 15) is 0 Å². The van der Waals surface area contributed by atoms with Gasteiger partial charge in [0.2, 0.25) is 0 Å². The Labute approximate surface area is 118 Å². The van der Waals surface area contributed by atoms with Crippen molar-refractivity contribution in [2.45, 2.75) is 46.6 Å². The van der Waals surface area contributed by atoms with Crippen LogP contribution in [0.25, 0.3) is 0 Å². The van der Waals surface area contributed by atoms with E-state index in [1.807, 2.05) is 0 Å². The maximum Gasteiger partial charge on any atom is -1.00 e. The van der Waals surface area contributed by atoms with Crippen LogP contribution in [0, 0.1) is 0 Å². The Bertz CT molecular complexity index is 307. The van der Waals surface area contributed by atoms with E-state index >= 15 is 0 Å². The average Bonchev–Trinajstić information content (AvgIpc) is 2.49. The number of nitrogens with one attached hydrogen (secondary N) is 1. The van der Waals surface area contributed by atoms with Crippen LogP contribution in [-0.4, -0.2) is 9.35 Å². The maximum absolute atomic E-state index is 3.82. The van der Waals surface area contributed by atoms with Gasteiger partial charge in [0.15, 0.2) is 0 Å². The molecule has 0 heterocycles. The Balaban J connectivity index is 0. The first-order chi connectivity index (χ1) is 6.40. The molecule has 0 saturated heterocycles. The molecule has 0 aliphatic heterocycles. The van der Waals surface area contributed by atoms with E-state index in [2.05, 4.69) is 56.6 Å². The fourth-order valence-electron chi connectivity index (χ4n) is 1.53. The molecule has 1 N–H and O–H groups in total. The molecule has 1 rings (SSSR count). The molecule has 16 heavy (non-hydrogen) atoms. The van der Waals surface area contributed by atoms with E-state index in [1.165, 1.54) is 6.42 Å². The number of halogens is 2. The Morgan fingerprint density at radius 2 is 1.81 bits per heavy atom. The van der Waals surface area contributed by atoms with Gasteiger partial charge in [0, 0.05) is 0 Å². The summed E-state index contributed by atoms with van der Waals surface area (Å²) in [5, 5.41) is 0. The molecule has 0 aromatic carbocycles. The summed E-state index contributed by atoms with van der Waals surface area (Å²) in [5.74, 6) is 0. The third-order valence-corrected chi connectivity index (χ3v) is 6.80. The van der Waals surface area contributed by atoms with Crippen molar-refractivity contribution in [2.75, 3.05) is 0 Å². The molecule has 0 unspecified atom stereocenters. The first-order valence-electron chi connectivity index (χ1n) is 5.22. The summed E-state index contributed by atoms with van der Waals surface area (Å²) in [5.41, 5.74) is 0.246. The zero-order chi connectivity index (χ0) is 10.8. The molecule has 1 aliphatic rings. The minimum atomic E-state index is -1.31. The van der Waals surface area contributed by atoms with Crippen molar-refractivity contribution < 1.29 is 42.5 Å². The molecular weight excluding hydrogens is 277 g/mol. The molecule has 4 heteroatoms. The summed E-state index contributed by atoms with van der Waals surface area (Å²) in [6.45, 7) is 11.3. The van der Waals surface area contributed by atoms with Gasteiger partial charge in [-0.3, -0.25) is 0 Å². The van der Waals surface area contributed by atoms with Crippen molar-refractivity contribution in [1.82, 2.24) is 3.80 Å². The van der Waals surface area contributed by atoms with Gasteiger partial charge in [0.1, 0.15) is 0 Å². The zero-order valence-electron chi connectivity index (χ0n) is 10.7. The summed E-state index contributed by atoms with van der Waals surface area (Å²) < 4.78 is 7.08. The van der Waals surface area contributed by atoms with Crippen molar-refractivity contribution in [3.05, 3.63) is 22.1 Å². The molecule has 0 fully saturated rings. The predicted molar refractivity (Wildman–Crippen MR) is 61.1 cm³/mol. The second kappa shape index (κ2) is 7.84. The van der Waals surface area contributed by atoms with Gasteiger partial charge in [-0.05, 0) is 0 Å². The van der Waals surface area contributed by atoms with Crippen molar-refractivity contribution in [3.63, 3.8) is 0 Å². The van der Waals surface area contributed by atoms with Gasteiger partial charge in [0.05, 0.1) is 0 Å². The van der Waals surface area contributed by atoms with Crippen LogP contribution < -0.4 is 28.6 Å². The Morgan fingerprint density at radius 3 is 2.12 bits per heavy atom. The van der Waals surface area contributed by atoms with Crippen LogP contribution in [0.15, 0.2) is 22.1 Å². The molecular formula is C12H21Cl2NTi. The van der Waals surface area contributed by atoms with Crippen LogP contribution in [0.3, 0.4) is 0 Å². The third kappa shape index (κ3) is 6.37. The molecule has 1 nitrogen and oxygen atoms in total. The predicted octanol–water partition coefficient (Wildman–Crippen LogP) is -3.03. The van der Waals surface area contributed by atoms with Crippen molar-refractivity contribution in [3.8, 4) is 0 Å². The van der Waals surface area contributed by atoms with Crippen LogP contribution in [0.2, 0.25) is 0 Å². The molecule has 0 aromatic rings. The largest absolute Gasteiger partial charge is 1.00 e. The number of allylic oxidation sites excluding steroid dienone is 4. The molecule has 0 saturated carbocycles. The molecule has 1 aliphatic carbocycles. The second-order valence-electron chi connectivity index (χ2n) is 5.07. The van der Waals surface area contributed by atoms with E-state index in [-0.39, 0.29) is 30.4 Å². The first kappa shape index (κ1) is 19.0. The Kier molecular flexibility index (Phi) is 9.29. The molecule has 0 radical (unpaired) electrons. The molecule has 92 valence electrons. The van der Waals surface area contributed by atoms with Gasteiger partial charge in [-0.15, -0.1) is 0 Å². The van der Waals surface area contributed by atoms with Gasteiger partial charge < -0.3 is 24.8 Å². The van der Waals surface area contributed by atoms with Gasteiger partial charge in [-0.2, -0.15) is 0 Å². The van der Waals surface area contributed by atoms with Gasteiger partial charge in [-0.25, -0.2) is 0 Å². The minimum Gasteiger partial charge on any atom is -1.00 e. The van der Waals surface area contributed by atoms with Gasteiger partial charge >= 0.3 is 94.0 Å². The summed E-state index contributed by atoms with van der Waals surface area (Å²) >= 11 is -1.31. The average molecular weight is 298 g/mol. The molecule has 0 bridgehead atoms. The smallest absolute Gasteiger partial charge is 1.00 e. The summed E-state index contributed by atoms with van der Waals surface area (Å²) in [6, 6.07) is 0. The first-order valence-corrected chi connectivity index (χ1v) is 7.56. The topological polar surface area (TPSA) is 12.0 Å².